The van der Waals surface area contributed by atoms with Crippen molar-refractivity contribution in [1.82, 2.24) is 0 Å². The van der Waals surface area contributed by atoms with Crippen molar-refractivity contribution >= 4 is 5.97 Å². The SMILES string of the molecule is CCC=C(C)C(=O)OCCCC.CCCCCCCCCCCCCCC. The molecule has 0 amide bonds. The molecule has 0 spiro atoms. The molecular formula is C25H50O2. The molecule has 0 aliphatic rings. The molecule has 2 nitrogen and oxygen atoms in total. The van der Waals surface area contributed by atoms with Gasteiger partial charge in [-0.15, -0.1) is 0 Å². The van der Waals surface area contributed by atoms with Gasteiger partial charge in [-0.1, -0.05) is 124 Å². The summed E-state index contributed by atoms with van der Waals surface area (Å²) < 4.78 is 4.99. The molecule has 0 bridgehead atoms. The fourth-order valence-corrected chi connectivity index (χ4v) is 2.90. The molecule has 0 aliphatic carbocycles. The Morgan fingerprint density at radius 2 is 1.00 bits per heavy atom. The summed E-state index contributed by atoms with van der Waals surface area (Å²) in [6.45, 7) is 11.0. The summed E-state index contributed by atoms with van der Waals surface area (Å²) in [5.41, 5.74) is 0.716. The predicted molar refractivity (Wildman–Crippen MR) is 121 cm³/mol. The van der Waals surface area contributed by atoms with E-state index in [9.17, 15) is 4.79 Å². The van der Waals surface area contributed by atoms with Gasteiger partial charge in [0.25, 0.3) is 0 Å². The van der Waals surface area contributed by atoms with Gasteiger partial charge in [-0.25, -0.2) is 4.79 Å². The summed E-state index contributed by atoms with van der Waals surface area (Å²) in [5, 5.41) is 0. The van der Waals surface area contributed by atoms with E-state index in [1.165, 1.54) is 83.5 Å². The molecule has 0 heterocycles. The van der Waals surface area contributed by atoms with Crippen molar-refractivity contribution < 1.29 is 9.53 Å². The first kappa shape index (κ1) is 28.4. The third-order valence-electron chi connectivity index (χ3n) is 4.77. The number of rotatable bonds is 17. The fraction of sp³-hybridized carbons (Fsp3) is 0.880. The van der Waals surface area contributed by atoms with Crippen LogP contribution in [0.25, 0.3) is 0 Å². The zero-order valence-electron chi connectivity index (χ0n) is 19.4. The van der Waals surface area contributed by atoms with Gasteiger partial charge in [0.1, 0.15) is 0 Å². The highest BCUT2D eigenvalue weighted by Gasteiger charge is 2.03. The summed E-state index contributed by atoms with van der Waals surface area (Å²) in [6, 6.07) is 0. The lowest BCUT2D eigenvalue weighted by Gasteiger charge is -2.02. The third-order valence-corrected chi connectivity index (χ3v) is 4.77. The first-order valence-corrected chi connectivity index (χ1v) is 12.0. The van der Waals surface area contributed by atoms with Gasteiger partial charge >= 0.3 is 5.97 Å². The van der Waals surface area contributed by atoms with Crippen molar-refractivity contribution in [1.29, 1.82) is 0 Å². The quantitative estimate of drug-likeness (QED) is 0.143. The van der Waals surface area contributed by atoms with Crippen LogP contribution >= 0.6 is 0 Å². The zero-order chi connectivity index (χ0) is 20.6. The maximum absolute atomic E-state index is 11.1. The zero-order valence-corrected chi connectivity index (χ0v) is 19.4. The molecule has 0 aromatic rings. The number of carbonyl (C=O) groups excluding carboxylic acids is 1. The molecule has 162 valence electrons. The van der Waals surface area contributed by atoms with Gasteiger partial charge in [0.05, 0.1) is 6.61 Å². The summed E-state index contributed by atoms with van der Waals surface area (Å²) in [4.78, 5) is 11.1. The first-order chi connectivity index (χ1) is 13.1. The minimum Gasteiger partial charge on any atom is -0.462 e. The van der Waals surface area contributed by atoms with Crippen molar-refractivity contribution in [3.8, 4) is 0 Å². The smallest absolute Gasteiger partial charge is 0.333 e. The second-order valence-electron chi connectivity index (χ2n) is 7.67. The number of unbranched alkanes of at least 4 members (excludes halogenated alkanes) is 13. The normalized spacial score (nSPS) is 11.1. The van der Waals surface area contributed by atoms with Crippen molar-refractivity contribution in [3.05, 3.63) is 11.6 Å². The van der Waals surface area contributed by atoms with Gasteiger partial charge in [-0.3, -0.25) is 0 Å². The second kappa shape index (κ2) is 25.2. The van der Waals surface area contributed by atoms with Crippen LogP contribution in [-0.2, 0) is 9.53 Å². The molecule has 0 atom stereocenters. The highest BCUT2D eigenvalue weighted by Crippen LogP contribution is 2.12. The van der Waals surface area contributed by atoms with Gasteiger partial charge in [0.2, 0.25) is 0 Å². The first-order valence-electron chi connectivity index (χ1n) is 12.0. The van der Waals surface area contributed by atoms with Crippen LogP contribution in [0.2, 0.25) is 0 Å². The predicted octanol–water partition coefficient (Wildman–Crippen LogP) is 8.78. The Morgan fingerprint density at radius 1 is 0.630 bits per heavy atom. The van der Waals surface area contributed by atoms with Crippen molar-refractivity contribution in [2.45, 2.75) is 137 Å². The lowest BCUT2D eigenvalue weighted by atomic mass is 10.1. The van der Waals surface area contributed by atoms with Crippen LogP contribution in [0.15, 0.2) is 11.6 Å². The minimum atomic E-state index is -0.176. The molecule has 2 heteroatoms. The average Bonchev–Trinajstić information content (AvgIpc) is 2.67. The summed E-state index contributed by atoms with van der Waals surface area (Å²) in [5.74, 6) is -0.176. The van der Waals surface area contributed by atoms with Crippen LogP contribution in [0.4, 0.5) is 0 Å². The van der Waals surface area contributed by atoms with E-state index in [-0.39, 0.29) is 5.97 Å². The highest BCUT2D eigenvalue weighted by atomic mass is 16.5. The van der Waals surface area contributed by atoms with Crippen LogP contribution < -0.4 is 0 Å². The van der Waals surface area contributed by atoms with E-state index in [4.69, 9.17) is 4.74 Å². The Hall–Kier alpha value is -0.790. The third kappa shape index (κ3) is 25.2. The van der Waals surface area contributed by atoms with Crippen LogP contribution in [0.3, 0.4) is 0 Å². The Kier molecular flexibility index (Phi) is 26.5. The lowest BCUT2D eigenvalue weighted by molar-refractivity contribution is -0.139. The molecule has 0 rings (SSSR count). The molecular weight excluding hydrogens is 332 g/mol. The number of esters is 1. The van der Waals surface area contributed by atoms with Crippen molar-refractivity contribution in [3.63, 3.8) is 0 Å². The molecule has 0 saturated carbocycles. The maximum Gasteiger partial charge on any atom is 0.333 e. The Labute approximate surface area is 171 Å². The van der Waals surface area contributed by atoms with Crippen LogP contribution in [-0.4, -0.2) is 12.6 Å². The van der Waals surface area contributed by atoms with Gasteiger partial charge in [-0.05, 0) is 19.8 Å². The second-order valence-corrected chi connectivity index (χ2v) is 7.67. The number of allylic oxidation sites excluding steroid dienone is 1. The molecule has 0 N–H and O–H groups in total. The molecule has 27 heavy (non-hydrogen) atoms. The average molecular weight is 383 g/mol. The fourth-order valence-electron chi connectivity index (χ4n) is 2.90. The van der Waals surface area contributed by atoms with Crippen molar-refractivity contribution in [2.24, 2.45) is 0 Å². The van der Waals surface area contributed by atoms with Crippen LogP contribution in [0.5, 0.6) is 0 Å². The molecule has 0 fully saturated rings. The van der Waals surface area contributed by atoms with Crippen LogP contribution in [0, 0.1) is 0 Å². The molecule has 0 aliphatic heterocycles. The van der Waals surface area contributed by atoms with E-state index in [0.29, 0.717) is 12.2 Å². The number of ether oxygens (including phenoxy) is 1. The van der Waals surface area contributed by atoms with Gasteiger partial charge in [0, 0.05) is 5.57 Å². The van der Waals surface area contributed by atoms with E-state index in [2.05, 4.69) is 20.8 Å². The van der Waals surface area contributed by atoms with Crippen LogP contribution in [0.1, 0.15) is 137 Å². The summed E-state index contributed by atoms with van der Waals surface area (Å²) in [6.07, 6.45) is 23.7. The summed E-state index contributed by atoms with van der Waals surface area (Å²) >= 11 is 0. The lowest BCUT2D eigenvalue weighted by Crippen LogP contribution is -2.06. The summed E-state index contributed by atoms with van der Waals surface area (Å²) in [7, 11) is 0. The maximum atomic E-state index is 11.1. The number of hydrogen-bond acceptors (Lipinski definition) is 2. The Balaban J connectivity index is 0. The topological polar surface area (TPSA) is 26.3 Å². The van der Waals surface area contributed by atoms with Gasteiger partial charge in [0.15, 0.2) is 0 Å². The van der Waals surface area contributed by atoms with E-state index < -0.39 is 0 Å². The number of hydrogen-bond donors (Lipinski definition) is 0. The van der Waals surface area contributed by atoms with E-state index in [0.717, 1.165) is 19.3 Å². The van der Waals surface area contributed by atoms with Gasteiger partial charge in [-0.2, -0.15) is 0 Å². The number of carbonyl (C=O) groups is 1. The van der Waals surface area contributed by atoms with Gasteiger partial charge < -0.3 is 4.74 Å². The molecule has 0 radical (unpaired) electrons. The van der Waals surface area contributed by atoms with Crippen molar-refractivity contribution in [2.75, 3.05) is 6.61 Å². The Bertz CT molecular complexity index is 308. The molecule has 0 saturated heterocycles. The largest absolute Gasteiger partial charge is 0.462 e. The van der Waals surface area contributed by atoms with E-state index in [1.54, 1.807) is 6.92 Å². The minimum absolute atomic E-state index is 0.176. The van der Waals surface area contributed by atoms with E-state index >= 15 is 0 Å². The molecule has 0 unspecified atom stereocenters. The van der Waals surface area contributed by atoms with E-state index in [1.807, 2.05) is 13.0 Å². The monoisotopic (exact) mass is 382 g/mol. The highest BCUT2D eigenvalue weighted by molar-refractivity contribution is 5.87. The standard InChI is InChI=1S/C15H32.C10H18O2/c1-3-5-7-9-11-13-15-14-12-10-8-6-4-2;1-4-6-8-12-10(11)9(3)7-5-2/h3-15H2,1-2H3;7H,4-6,8H2,1-3H3. The molecule has 0 aromatic heterocycles. The molecule has 0 aromatic carbocycles. The Morgan fingerprint density at radius 3 is 1.33 bits per heavy atom.